The summed E-state index contributed by atoms with van der Waals surface area (Å²) in [5.74, 6) is -1.08. The average Bonchev–Trinajstić information content (AvgIpc) is 2.83. The number of carboxylic acid groups (broad SMARTS) is 1. The molecule has 0 unspecified atom stereocenters. The minimum Gasteiger partial charge on any atom is -0.478 e. The first-order chi connectivity index (χ1) is 9.19. The van der Waals surface area contributed by atoms with E-state index in [-0.39, 0.29) is 12.2 Å². The second kappa shape index (κ2) is 5.33. The molecule has 1 aromatic heterocycles. The van der Waals surface area contributed by atoms with Crippen LogP contribution < -0.4 is 0 Å². The SMILES string of the molecule is COCc1c(C(=O)O)cnn1-c1ccccc1C#N. The van der Waals surface area contributed by atoms with Gasteiger partial charge in [0.2, 0.25) is 0 Å². The van der Waals surface area contributed by atoms with Crippen LogP contribution in [0.3, 0.4) is 0 Å². The topological polar surface area (TPSA) is 88.1 Å². The van der Waals surface area contributed by atoms with E-state index in [0.29, 0.717) is 16.9 Å². The third kappa shape index (κ3) is 2.32. The number of nitriles is 1. The summed E-state index contributed by atoms with van der Waals surface area (Å²) in [5, 5.41) is 22.2. The number of carboxylic acids is 1. The fourth-order valence-corrected chi connectivity index (χ4v) is 1.79. The van der Waals surface area contributed by atoms with Crippen molar-refractivity contribution in [3.63, 3.8) is 0 Å². The number of carbonyl (C=O) groups is 1. The fraction of sp³-hybridized carbons (Fsp3) is 0.154. The lowest BCUT2D eigenvalue weighted by Gasteiger charge is -2.09. The fourth-order valence-electron chi connectivity index (χ4n) is 1.79. The van der Waals surface area contributed by atoms with Crippen LogP contribution in [-0.4, -0.2) is 28.0 Å². The van der Waals surface area contributed by atoms with Gasteiger partial charge >= 0.3 is 5.97 Å². The van der Waals surface area contributed by atoms with Crippen LogP contribution in [0.15, 0.2) is 30.5 Å². The Morgan fingerprint density at radius 3 is 2.89 bits per heavy atom. The third-order valence-corrected chi connectivity index (χ3v) is 2.63. The first-order valence-corrected chi connectivity index (χ1v) is 5.47. The molecule has 2 rings (SSSR count). The summed E-state index contributed by atoms with van der Waals surface area (Å²) in [6.45, 7) is 0.0986. The molecule has 0 bridgehead atoms. The van der Waals surface area contributed by atoms with Crippen LogP contribution in [0.1, 0.15) is 21.6 Å². The van der Waals surface area contributed by atoms with Gasteiger partial charge in [0.05, 0.1) is 29.7 Å². The molecule has 96 valence electrons. The number of rotatable bonds is 4. The molecule has 0 fully saturated rings. The minimum atomic E-state index is -1.08. The number of para-hydroxylation sites is 1. The van der Waals surface area contributed by atoms with Crippen LogP contribution in [0.25, 0.3) is 5.69 Å². The van der Waals surface area contributed by atoms with Crippen LogP contribution in [0.4, 0.5) is 0 Å². The highest BCUT2D eigenvalue weighted by atomic mass is 16.5. The quantitative estimate of drug-likeness (QED) is 0.898. The number of hydrogen-bond acceptors (Lipinski definition) is 4. The molecule has 0 saturated heterocycles. The van der Waals surface area contributed by atoms with Gasteiger partial charge in [-0.3, -0.25) is 0 Å². The molecule has 19 heavy (non-hydrogen) atoms. The Kier molecular flexibility index (Phi) is 3.59. The summed E-state index contributed by atoms with van der Waals surface area (Å²) >= 11 is 0. The normalized spacial score (nSPS) is 10.1. The highest BCUT2D eigenvalue weighted by Gasteiger charge is 2.18. The Labute approximate surface area is 109 Å². The monoisotopic (exact) mass is 257 g/mol. The molecule has 0 aliphatic carbocycles. The smallest absolute Gasteiger partial charge is 0.339 e. The molecule has 0 saturated carbocycles. The van der Waals surface area contributed by atoms with Crippen molar-refractivity contribution in [2.75, 3.05) is 7.11 Å². The van der Waals surface area contributed by atoms with Crippen LogP contribution in [0.2, 0.25) is 0 Å². The van der Waals surface area contributed by atoms with E-state index in [2.05, 4.69) is 11.2 Å². The van der Waals surface area contributed by atoms with Crippen molar-refractivity contribution in [1.82, 2.24) is 9.78 Å². The molecule has 0 atom stereocenters. The maximum absolute atomic E-state index is 11.1. The van der Waals surface area contributed by atoms with Gasteiger partial charge in [-0.25, -0.2) is 9.48 Å². The highest BCUT2D eigenvalue weighted by molar-refractivity contribution is 5.88. The molecule has 0 spiro atoms. The number of hydrogen-bond donors (Lipinski definition) is 1. The van der Waals surface area contributed by atoms with E-state index in [9.17, 15) is 4.79 Å². The Bertz CT molecular complexity index is 655. The first kappa shape index (κ1) is 12.8. The van der Waals surface area contributed by atoms with E-state index in [1.54, 1.807) is 24.3 Å². The molecule has 6 heteroatoms. The standard InChI is InChI=1S/C13H11N3O3/c1-19-8-12-10(13(17)18)7-15-16(12)11-5-3-2-4-9(11)6-14/h2-5,7H,8H2,1H3,(H,17,18). The van der Waals surface area contributed by atoms with Gasteiger partial charge in [-0.05, 0) is 12.1 Å². The Balaban J connectivity index is 2.63. The molecule has 0 aliphatic rings. The lowest BCUT2D eigenvalue weighted by molar-refractivity contribution is 0.0691. The first-order valence-electron chi connectivity index (χ1n) is 5.47. The second-order valence-corrected chi connectivity index (χ2v) is 3.78. The van der Waals surface area contributed by atoms with Gasteiger partial charge in [-0.1, -0.05) is 12.1 Å². The number of nitrogens with zero attached hydrogens (tertiary/aromatic N) is 3. The Morgan fingerprint density at radius 1 is 1.53 bits per heavy atom. The molecule has 1 heterocycles. The predicted octanol–water partition coefficient (Wildman–Crippen LogP) is 1.59. The van der Waals surface area contributed by atoms with E-state index in [4.69, 9.17) is 15.1 Å². The number of aromatic carboxylic acids is 1. The summed E-state index contributed by atoms with van der Waals surface area (Å²) in [6, 6.07) is 8.90. The zero-order valence-corrected chi connectivity index (χ0v) is 10.2. The van der Waals surface area contributed by atoms with Crippen molar-refractivity contribution in [3.05, 3.63) is 47.3 Å². The van der Waals surface area contributed by atoms with Gasteiger partial charge in [-0.2, -0.15) is 10.4 Å². The Morgan fingerprint density at radius 2 is 2.26 bits per heavy atom. The summed E-state index contributed by atoms with van der Waals surface area (Å²) in [6.07, 6.45) is 1.25. The number of ether oxygens (including phenoxy) is 1. The van der Waals surface area contributed by atoms with Gasteiger partial charge in [0.15, 0.2) is 0 Å². The van der Waals surface area contributed by atoms with Gasteiger partial charge in [-0.15, -0.1) is 0 Å². The molecule has 0 aliphatic heterocycles. The Hall–Kier alpha value is -2.65. The molecular weight excluding hydrogens is 246 g/mol. The minimum absolute atomic E-state index is 0.0644. The van der Waals surface area contributed by atoms with Crippen molar-refractivity contribution in [2.24, 2.45) is 0 Å². The highest BCUT2D eigenvalue weighted by Crippen LogP contribution is 2.19. The molecule has 0 radical (unpaired) electrons. The van der Waals surface area contributed by atoms with E-state index >= 15 is 0 Å². The molecule has 0 amide bonds. The van der Waals surface area contributed by atoms with Crippen molar-refractivity contribution in [2.45, 2.75) is 6.61 Å². The second-order valence-electron chi connectivity index (χ2n) is 3.78. The molecule has 6 nitrogen and oxygen atoms in total. The van der Waals surface area contributed by atoms with Crippen LogP contribution in [-0.2, 0) is 11.3 Å². The summed E-state index contributed by atoms with van der Waals surface area (Å²) in [5.41, 5.74) is 1.41. The van der Waals surface area contributed by atoms with E-state index in [1.165, 1.54) is 18.0 Å². The molecule has 1 N–H and O–H groups in total. The summed E-state index contributed by atoms with van der Waals surface area (Å²) in [4.78, 5) is 11.1. The summed E-state index contributed by atoms with van der Waals surface area (Å²) in [7, 11) is 1.47. The summed E-state index contributed by atoms with van der Waals surface area (Å²) < 4.78 is 6.43. The number of methoxy groups -OCH3 is 1. The lowest BCUT2D eigenvalue weighted by atomic mass is 10.2. The van der Waals surface area contributed by atoms with E-state index in [0.717, 1.165) is 0 Å². The van der Waals surface area contributed by atoms with Crippen molar-refractivity contribution >= 4 is 5.97 Å². The van der Waals surface area contributed by atoms with Gasteiger partial charge in [0, 0.05) is 7.11 Å². The van der Waals surface area contributed by atoms with Crippen LogP contribution in [0, 0.1) is 11.3 Å². The zero-order chi connectivity index (χ0) is 13.8. The van der Waals surface area contributed by atoms with Gasteiger partial charge < -0.3 is 9.84 Å². The van der Waals surface area contributed by atoms with Gasteiger partial charge in [0.25, 0.3) is 0 Å². The van der Waals surface area contributed by atoms with Crippen LogP contribution >= 0.6 is 0 Å². The van der Waals surface area contributed by atoms with E-state index < -0.39 is 5.97 Å². The lowest BCUT2D eigenvalue weighted by Crippen LogP contribution is -2.08. The van der Waals surface area contributed by atoms with Crippen molar-refractivity contribution < 1.29 is 14.6 Å². The molecule has 2 aromatic rings. The van der Waals surface area contributed by atoms with Crippen molar-refractivity contribution in [1.29, 1.82) is 5.26 Å². The average molecular weight is 257 g/mol. The van der Waals surface area contributed by atoms with Crippen LogP contribution in [0.5, 0.6) is 0 Å². The third-order valence-electron chi connectivity index (χ3n) is 2.63. The maximum Gasteiger partial charge on any atom is 0.339 e. The predicted molar refractivity (Wildman–Crippen MR) is 66.0 cm³/mol. The number of benzene rings is 1. The number of aromatic nitrogens is 2. The van der Waals surface area contributed by atoms with E-state index in [1.807, 2.05) is 0 Å². The van der Waals surface area contributed by atoms with Crippen molar-refractivity contribution in [3.8, 4) is 11.8 Å². The zero-order valence-electron chi connectivity index (χ0n) is 10.2. The maximum atomic E-state index is 11.1. The van der Waals surface area contributed by atoms with Gasteiger partial charge in [0.1, 0.15) is 11.6 Å². The molecular formula is C13H11N3O3. The largest absolute Gasteiger partial charge is 0.478 e. The molecule has 1 aromatic carbocycles.